The highest BCUT2D eigenvalue weighted by Gasteiger charge is 2.33. The summed E-state index contributed by atoms with van der Waals surface area (Å²) in [5.41, 5.74) is -0.560. The number of ether oxygens (including phenoxy) is 1. The van der Waals surface area contributed by atoms with E-state index >= 15 is 0 Å². The van der Waals surface area contributed by atoms with Crippen molar-refractivity contribution < 1.29 is 22.7 Å². The van der Waals surface area contributed by atoms with E-state index in [0.717, 1.165) is 6.07 Å². The third-order valence-corrected chi connectivity index (χ3v) is 2.95. The molecule has 0 saturated heterocycles. The third kappa shape index (κ3) is 4.47. The zero-order chi connectivity index (χ0) is 13.8. The first kappa shape index (κ1) is 15.3. The number of carbonyl (C=O) groups excluding carboxylic acids is 1. The molecule has 2 nitrogen and oxygen atoms in total. The Bertz CT molecular complexity index is 430. The molecule has 1 aromatic carbocycles. The molecule has 0 aromatic heterocycles. The maximum absolute atomic E-state index is 12.7. The lowest BCUT2D eigenvalue weighted by atomic mass is 10.0. The minimum Gasteiger partial charge on any atom is -0.466 e. The molecule has 1 aromatic rings. The molecule has 6 heteroatoms. The van der Waals surface area contributed by atoms with Crippen LogP contribution in [-0.2, 0) is 22.1 Å². The molecule has 0 radical (unpaired) electrons. The van der Waals surface area contributed by atoms with Crippen LogP contribution in [0.2, 0.25) is 0 Å². The summed E-state index contributed by atoms with van der Waals surface area (Å²) < 4.78 is 43.6. The van der Waals surface area contributed by atoms with Gasteiger partial charge in [-0.3, -0.25) is 4.79 Å². The van der Waals surface area contributed by atoms with E-state index in [1.54, 1.807) is 6.92 Å². The van der Waals surface area contributed by atoms with Crippen molar-refractivity contribution in [1.82, 2.24) is 0 Å². The number of esters is 1. The minimum atomic E-state index is -4.39. The van der Waals surface area contributed by atoms with Gasteiger partial charge >= 0.3 is 12.1 Å². The van der Waals surface area contributed by atoms with Crippen LogP contribution in [0.3, 0.4) is 0 Å². The van der Waals surface area contributed by atoms with Crippen molar-refractivity contribution in [2.45, 2.75) is 25.9 Å². The Morgan fingerprint density at radius 2 is 2.06 bits per heavy atom. The fraction of sp³-hybridized carbons (Fsp3) is 0.417. The van der Waals surface area contributed by atoms with Gasteiger partial charge in [0, 0.05) is 9.99 Å². The zero-order valence-corrected chi connectivity index (χ0v) is 11.8. The van der Waals surface area contributed by atoms with Gasteiger partial charge in [0.15, 0.2) is 0 Å². The van der Waals surface area contributed by atoms with Crippen molar-refractivity contribution in [1.29, 1.82) is 0 Å². The Labute approximate surface area is 117 Å². The molecule has 0 spiro atoms. The minimum absolute atomic E-state index is 0.0323. The van der Waals surface area contributed by atoms with Crippen LogP contribution < -0.4 is 0 Å². The van der Waals surface area contributed by atoms with Crippen LogP contribution in [0.4, 0.5) is 13.2 Å². The van der Waals surface area contributed by atoms with Crippen molar-refractivity contribution in [2.75, 3.05) is 6.61 Å². The molecular formula is C12H12F3IO2. The van der Waals surface area contributed by atoms with E-state index in [4.69, 9.17) is 4.74 Å². The number of benzene rings is 1. The molecule has 0 N–H and O–H groups in total. The molecule has 100 valence electrons. The zero-order valence-electron chi connectivity index (χ0n) is 9.68. The van der Waals surface area contributed by atoms with Gasteiger partial charge in [0.25, 0.3) is 0 Å². The standard InChI is InChI=1S/C12H12F3IO2/c1-2-18-11(17)6-3-8-7-9(16)4-5-10(8)12(13,14)15/h4-5,7H,2-3,6H2,1H3. The molecule has 0 fully saturated rings. The Morgan fingerprint density at radius 3 is 2.61 bits per heavy atom. The summed E-state index contributed by atoms with van der Waals surface area (Å²) in [7, 11) is 0. The summed E-state index contributed by atoms with van der Waals surface area (Å²) >= 11 is 1.94. The number of carbonyl (C=O) groups is 1. The molecule has 18 heavy (non-hydrogen) atoms. The number of hydrogen-bond acceptors (Lipinski definition) is 2. The second-order valence-corrected chi connectivity index (χ2v) is 4.85. The average molecular weight is 372 g/mol. The summed E-state index contributed by atoms with van der Waals surface area (Å²) in [4.78, 5) is 11.2. The van der Waals surface area contributed by atoms with Crippen molar-refractivity contribution in [3.63, 3.8) is 0 Å². The number of aryl methyl sites for hydroxylation is 1. The Hall–Kier alpha value is -0.790. The van der Waals surface area contributed by atoms with Crippen LogP contribution >= 0.6 is 22.6 Å². The summed E-state index contributed by atoms with van der Waals surface area (Å²) in [5, 5.41) is 0. The Balaban J connectivity index is 2.86. The van der Waals surface area contributed by atoms with E-state index in [0.29, 0.717) is 3.57 Å². The highest BCUT2D eigenvalue weighted by Crippen LogP contribution is 2.33. The van der Waals surface area contributed by atoms with Crippen LogP contribution in [0.25, 0.3) is 0 Å². The molecule has 0 atom stereocenters. The van der Waals surface area contributed by atoms with Gasteiger partial charge in [0.1, 0.15) is 0 Å². The summed E-state index contributed by atoms with van der Waals surface area (Å²) in [5.74, 6) is -0.482. The molecule has 0 aliphatic heterocycles. The molecule has 0 saturated carbocycles. The lowest BCUT2D eigenvalue weighted by Crippen LogP contribution is -2.12. The van der Waals surface area contributed by atoms with Gasteiger partial charge in [-0.1, -0.05) is 0 Å². The van der Waals surface area contributed by atoms with Gasteiger partial charge in [-0.05, 0) is 59.7 Å². The Morgan fingerprint density at radius 1 is 1.39 bits per heavy atom. The second kappa shape index (κ2) is 6.40. The van der Waals surface area contributed by atoms with Crippen molar-refractivity contribution in [3.05, 3.63) is 32.9 Å². The first-order chi connectivity index (χ1) is 8.34. The molecule has 0 aliphatic carbocycles. The summed E-state index contributed by atoms with van der Waals surface area (Å²) in [6, 6.07) is 3.89. The molecular weight excluding hydrogens is 360 g/mol. The number of alkyl halides is 3. The van der Waals surface area contributed by atoms with Crippen LogP contribution in [0.5, 0.6) is 0 Å². The van der Waals surface area contributed by atoms with Gasteiger partial charge in [-0.2, -0.15) is 13.2 Å². The van der Waals surface area contributed by atoms with E-state index in [1.165, 1.54) is 12.1 Å². The lowest BCUT2D eigenvalue weighted by Gasteiger charge is -2.13. The lowest BCUT2D eigenvalue weighted by molar-refractivity contribution is -0.144. The van der Waals surface area contributed by atoms with Gasteiger partial charge in [0.2, 0.25) is 0 Å². The fourth-order valence-corrected chi connectivity index (χ4v) is 2.07. The van der Waals surface area contributed by atoms with Crippen molar-refractivity contribution >= 4 is 28.6 Å². The first-order valence-electron chi connectivity index (χ1n) is 5.36. The predicted molar refractivity (Wildman–Crippen MR) is 69.1 cm³/mol. The molecule has 1 rings (SSSR count). The van der Waals surface area contributed by atoms with Crippen LogP contribution in [0.15, 0.2) is 18.2 Å². The largest absolute Gasteiger partial charge is 0.466 e. The van der Waals surface area contributed by atoms with Crippen molar-refractivity contribution in [2.24, 2.45) is 0 Å². The maximum atomic E-state index is 12.7. The number of hydrogen-bond donors (Lipinski definition) is 0. The van der Waals surface area contributed by atoms with Crippen LogP contribution in [0.1, 0.15) is 24.5 Å². The van der Waals surface area contributed by atoms with Gasteiger partial charge in [-0.15, -0.1) is 0 Å². The number of halogens is 4. The molecule has 0 unspecified atom stereocenters. The van der Waals surface area contributed by atoms with Gasteiger partial charge in [0.05, 0.1) is 12.2 Å². The van der Waals surface area contributed by atoms with E-state index < -0.39 is 17.7 Å². The highest BCUT2D eigenvalue weighted by atomic mass is 127. The van der Waals surface area contributed by atoms with Crippen molar-refractivity contribution in [3.8, 4) is 0 Å². The molecule has 0 bridgehead atoms. The average Bonchev–Trinajstić information content (AvgIpc) is 2.25. The number of rotatable bonds is 4. The summed E-state index contributed by atoms with van der Waals surface area (Å²) in [6.07, 6.45) is -4.41. The predicted octanol–water partition coefficient (Wildman–Crippen LogP) is 3.81. The smallest absolute Gasteiger partial charge is 0.416 e. The van der Waals surface area contributed by atoms with Crippen LogP contribution in [-0.4, -0.2) is 12.6 Å². The quantitative estimate of drug-likeness (QED) is 0.594. The second-order valence-electron chi connectivity index (χ2n) is 3.60. The monoisotopic (exact) mass is 372 g/mol. The maximum Gasteiger partial charge on any atom is 0.416 e. The summed E-state index contributed by atoms with van der Waals surface area (Å²) in [6.45, 7) is 1.89. The van der Waals surface area contributed by atoms with E-state index in [1.807, 2.05) is 22.6 Å². The van der Waals surface area contributed by atoms with E-state index in [-0.39, 0.29) is 25.0 Å². The molecule has 0 heterocycles. The Kier molecular flexibility index (Phi) is 5.43. The normalized spacial score (nSPS) is 11.4. The van der Waals surface area contributed by atoms with Gasteiger partial charge in [-0.25, -0.2) is 0 Å². The first-order valence-corrected chi connectivity index (χ1v) is 6.43. The molecule has 0 aliphatic rings. The van der Waals surface area contributed by atoms with Gasteiger partial charge < -0.3 is 4.74 Å². The fourth-order valence-electron chi connectivity index (χ4n) is 1.52. The molecule has 0 amide bonds. The topological polar surface area (TPSA) is 26.3 Å². The highest BCUT2D eigenvalue weighted by molar-refractivity contribution is 14.1. The third-order valence-electron chi connectivity index (χ3n) is 2.28. The SMILES string of the molecule is CCOC(=O)CCc1cc(I)ccc1C(F)(F)F. The van der Waals surface area contributed by atoms with E-state index in [2.05, 4.69) is 0 Å². The van der Waals surface area contributed by atoms with Crippen LogP contribution in [0, 0.1) is 3.57 Å². The van der Waals surface area contributed by atoms with E-state index in [9.17, 15) is 18.0 Å².